The van der Waals surface area contributed by atoms with Crippen LogP contribution in [0.4, 0.5) is 0 Å². The fourth-order valence-corrected chi connectivity index (χ4v) is 3.34. The number of alkyl halides is 1. The zero-order chi connectivity index (χ0) is 14.3. The SMILES string of the molecule is Cc1cnc2c(c1)nc(CCl)n2C(C)c1nc(C)cs1. The van der Waals surface area contributed by atoms with E-state index in [0.29, 0.717) is 5.88 Å². The smallest absolute Gasteiger partial charge is 0.160 e. The molecule has 3 aromatic heterocycles. The first-order valence-electron chi connectivity index (χ1n) is 6.41. The standard InChI is InChI=1S/C14H15ClN4S/c1-8-4-11-13(16-6-8)19(12(5-15)18-11)10(3)14-17-9(2)7-20-14/h4,6-7,10H,5H2,1-3H3. The van der Waals surface area contributed by atoms with Crippen LogP contribution in [0.25, 0.3) is 11.2 Å². The van der Waals surface area contributed by atoms with Crippen molar-refractivity contribution in [3.63, 3.8) is 0 Å². The van der Waals surface area contributed by atoms with Crippen molar-refractivity contribution in [3.05, 3.63) is 39.7 Å². The second kappa shape index (κ2) is 5.14. The van der Waals surface area contributed by atoms with Crippen LogP contribution in [-0.2, 0) is 5.88 Å². The van der Waals surface area contributed by atoms with Gasteiger partial charge >= 0.3 is 0 Å². The molecule has 0 N–H and O–H groups in total. The Bertz CT molecular complexity index is 762. The summed E-state index contributed by atoms with van der Waals surface area (Å²) in [6, 6.07) is 2.12. The fraction of sp³-hybridized carbons (Fsp3) is 0.357. The third-order valence-corrected chi connectivity index (χ3v) is 4.61. The number of nitrogens with zero attached hydrogens (tertiary/aromatic N) is 4. The highest BCUT2D eigenvalue weighted by molar-refractivity contribution is 7.09. The molecule has 0 aliphatic rings. The third kappa shape index (κ3) is 2.21. The summed E-state index contributed by atoms with van der Waals surface area (Å²) >= 11 is 7.71. The molecule has 0 radical (unpaired) electrons. The molecule has 3 heterocycles. The summed E-state index contributed by atoms with van der Waals surface area (Å²) < 4.78 is 2.08. The molecule has 0 amide bonds. The molecule has 0 fully saturated rings. The van der Waals surface area contributed by atoms with Crippen LogP contribution >= 0.6 is 22.9 Å². The lowest BCUT2D eigenvalue weighted by molar-refractivity contribution is 0.624. The number of imidazole rings is 1. The number of aryl methyl sites for hydroxylation is 2. The fourth-order valence-electron chi connectivity index (χ4n) is 2.31. The van der Waals surface area contributed by atoms with Gasteiger partial charge in [0.15, 0.2) is 5.65 Å². The van der Waals surface area contributed by atoms with Crippen LogP contribution < -0.4 is 0 Å². The van der Waals surface area contributed by atoms with E-state index in [9.17, 15) is 0 Å². The number of rotatable bonds is 3. The lowest BCUT2D eigenvalue weighted by Gasteiger charge is -2.13. The molecule has 1 unspecified atom stereocenters. The van der Waals surface area contributed by atoms with Crippen LogP contribution in [0.1, 0.15) is 35.1 Å². The van der Waals surface area contributed by atoms with Crippen molar-refractivity contribution in [2.24, 2.45) is 0 Å². The predicted molar refractivity (Wildman–Crippen MR) is 82.5 cm³/mol. The van der Waals surface area contributed by atoms with Gasteiger partial charge in [0.1, 0.15) is 16.3 Å². The Morgan fingerprint density at radius 1 is 1.35 bits per heavy atom. The Hall–Kier alpha value is -1.46. The van der Waals surface area contributed by atoms with E-state index in [4.69, 9.17) is 11.6 Å². The van der Waals surface area contributed by atoms with Crippen LogP contribution in [0.5, 0.6) is 0 Å². The summed E-state index contributed by atoms with van der Waals surface area (Å²) in [7, 11) is 0. The van der Waals surface area contributed by atoms with Gasteiger partial charge in [-0.05, 0) is 32.4 Å². The average molecular weight is 307 g/mol. The van der Waals surface area contributed by atoms with Crippen molar-refractivity contribution < 1.29 is 0 Å². The van der Waals surface area contributed by atoms with E-state index in [2.05, 4.69) is 31.8 Å². The monoisotopic (exact) mass is 306 g/mol. The number of pyridine rings is 1. The third-order valence-electron chi connectivity index (χ3n) is 3.24. The van der Waals surface area contributed by atoms with Crippen molar-refractivity contribution in [2.75, 3.05) is 0 Å². The first kappa shape index (κ1) is 13.5. The van der Waals surface area contributed by atoms with E-state index in [0.717, 1.165) is 33.3 Å². The van der Waals surface area contributed by atoms with Gasteiger partial charge in [-0.1, -0.05) is 0 Å². The first-order chi connectivity index (χ1) is 9.60. The zero-order valence-electron chi connectivity index (χ0n) is 11.6. The lowest BCUT2D eigenvalue weighted by atomic mass is 10.3. The minimum Gasteiger partial charge on any atom is -0.302 e. The Balaban J connectivity index is 2.18. The lowest BCUT2D eigenvalue weighted by Crippen LogP contribution is -2.10. The molecule has 0 saturated carbocycles. The van der Waals surface area contributed by atoms with Crippen molar-refractivity contribution in [2.45, 2.75) is 32.7 Å². The quantitative estimate of drug-likeness (QED) is 0.690. The molecule has 6 heteroatoms. The number of thiazole rings is 1. The van der Waals surface area contributed by atoms with Crippen molar-refractivity contribution in [1.29, 1.82) is 0 Å². The van der Waals surface area contributed by atoms with Gasteiger partial charge in [0.05, 0.1) is 11.9 Å². The van der Waals surface area contributed by atoms with Gasteiger partial charge in [-0.2, -0.15) is 0 Å². The van der Waals surface area contributed by atoms with E-state index in [-0.39, 0.29) is 6.04 Å². The maximum absolute atomic E-state index is 6.05. The van der Waals surface area contributed by atoms with Gasteiger partial charge in [0.25, 0.3) is 0 Å². The van der Waals surface area contributed by atoms with E-state index in [1.807, 2.05) is 26.1 Å². The summed E-state index contributed by atoms with van der Waals surface area (Å²) in [6.07, 6.45) is 1.86. The molecule has 1 atom stereocenters. The zero-order valence-corrected chi connectivity index (χ0v) is 13.2. The van der Waals surface area contributed by atoms with Crippen molar-refractivity contribution in [3.8, 4) is 0 Å². The largest absolute Gasteiger partial charge is 0.302 e. The highest BCUT2D eigenvalue weighted by Crippen LogP contribution is 2.28. The minimum atomic E-state index is 0.0858. The topological polar surface area (TPSA) is 43.6 Å². The number of hydrogen-bond acceptors (Lipinski definition) is 4. The summed E-state index contributed by atoms with van der Waals surface area (Å²) in [5.74, 6) is 1.20. The normalized spacial score (nSPS) is 13.0. The Morgan fingerprint density at radius 2 is 2.15 bits per heavy atom. The summed E-state index contributed by atoms with van der Waals surface area (Å²) in [5.41, 5.74) is 3.89. The first-order valence-corrected chi connectivity index (χ1v) is 7.83. The minimum absolute atomic E-state index is 0.0858. The number of halogens is 1. The summed E-state index contributed by atoms with van der Waals surface area (Å²) in [5, 5.41) is 3.11. The molecule has 3 aromatic rings. The molecule has 0 spiro atoms. The van der Waals surface area contributed by atoms with Gasteiger partial charge < -0.3 is 4.57 Å². The summed E-state index contributed by atoms with van der Waals surface area (Å²) in [4.78, 5) is 13.7. The Kier molecular flexibility index (Phi) is 3.48. The van der Waals surface area contributed by atoms with Crippen LogP contribution in [0.2, 0.25) is 0 Å². The molecule has 0 aromatic carbocycles. The average Bonchev–Trinajstić information content (AvgIpc) is 3.00. The van der Waals surface area contributed by atoms with E-state index in [1.165, 1.54) is 0 Å². The molecular formula is C14H15ClN4S. The molecule has 0 aliphatic carbocycles. The van der Waals surface area contributed by atoms with Crippen LogP contribution in [0, 0.1) is 13.8 Å². The highest BCUT2D eigenvalue weighted by atomic mass is 35.5. The van der Waals surface area contributed by atoms with E-state index in [1.54, 1.807) is 11.3 Å². The maximum Gasteiger partial charge on any atom is 0.160 e. The van der Waals surface area contributed by atoms with Crippen molar-refractivity contribution in [1.82, 2.24) is 19.5 Å². The maximum atomic E-state index is 6.05. The van der Waals surface area contributed by atoms with Crippen molar-refractivity contribution >= 4 is 34.1 Å². The Labute approximate surface area is 126 Å². The molecule has 0 aliphatic heterocycles. The summed E-state index contributed by atoms with van der Waals surface area (Å²) in [6.45, 7) is 6.12. The number of aromatic nitrogens is 4. The van der Waals surface area contributed by atoms with Gasteiger partial charge in [-0.3, -0.25) is 0 Å². The molecule has 104 valence electrons. The number of hydrogen-bond donors (Lipinski definition) is 0. The molecule has 4 nitrogen and oxygen atoms in total. The van der Waals surface area contributed by atoms with Gasteiger partial charge in [0.2, 0.25) is 0 Å². The second-order valence-electron chi connectivity index (χ2n) is 4.89. The second-order valence-corrected chi connectivity index (χ2v) is 6.05. The van der Waals surface area contributed by atoms with Gasteiger partial charge in [-0.15, -0.1) is 22.9 Å². The van der Waals surface area contributed by atoms with E-state index >= 15 is 0 Å². The highest BCUT2D eigenvalue weighted by Gasteiger charge is 2.19. The van der Waals surface area contributed by atoms with Crippen LogP contribution in [-0.4, -0.2) is 19.5 Å². The molecule has 3 rings (SSSR count). The number of fused-ring (bicyclic) bond motifs is 1. The molecule has 20 heavy (non-hydrogen) atoms. The molecular weight excluding hydrogens is 292 g/mol. The van der Waals surface area contributed by atoms with Crippen LogP contribution in [0.3, 0.4) is 0 Å². The van der Waals surface area contributed by atoms with E-state index < -0.39 is 0 Å². The molecule has 0 bridgehead atoms. The Morgan fingerprint density at radius 3 is 2.80 bits per heavy atom. The molecule has 0 saturated heterocycles. The van der Waals surface area contributed by atoms with Gasteiger partial charge in [0, 0.05) is 17.3 Å². The predicted octanol–water partition coefficient (Wildman–Crippen LogP) is 3.85. The van der Waals surface area contributed by atoms with Crippen LogP contribution in [0.15, 0.2) is 17.6 Å². The van der Waals surface area contributed by atoms with Gasteiger partial charge in [-0.25, -0.2) is 15.0 Å².